The lowest BCUT2D eigenvalue weighted by Crippen LogP contribution is -2.36. The molecule has 1 heterocycles. The highest BCUT2D eigenvalue weighted by Gasteiger charge is 2.28. The summed E-state index contributed by atoms with van der Waals surface area (Å²) in [5.41, 5.74) is -0.0464. The largest absolute Gasteiger partial charge is 0.353 e. The lowest BCUT2D eigenvalue weighted by atomic mass is 10.1. The summed E-state index contributed by atoms with van der Waals surface area (Å²) in [6.45, 7) is 1.68. The van der Waals surface area contributed by atoms with Gasteiger partial charge >= 0.3 is 0 Å². The Morgan fingerprint density at radius 2 is 2.04 bits per heavy atom. The Morgan fingerprint density at radius 1 is 1.39 bits per heavy atom. The molecule has 23 heavy (non-hydrogen) atoms. The molecule has 0 radical (unpaired) electrons. The van der Waals surface area contributed by atoms with Crippen molar-refractivity contribution < 1.29 is 22.0 Å². The number of nitrogens with one attached hydrogen (secondary N) is 1. The fraction of sp³-hybridized carbons (Fsp3) is 0.533. The van der Waals surface area contributed by atoms with Gasteiger partial charge in [0, 0.05) is 16.9 Å². The molecule has 1 aliphatic heterocycles. The summed E-state index contributed by atoms with van der Waals surface area (Å²) in [5.74, 6) is -1.09. The topological polar surface area (TPSA) is 63.2 Å². The van der Waals surface area contributed by atoms with Crippen LogP contribution in [0.2, 0.25) is 0 Å². The zero-order valence-corrected chi connectivity index (χ0v) is 14.4. The Labute approximate surface area is 139 Å². The molecule has 0 saturated carbocycles. The Morgan fingerprint density at radius 3 is 2.61 bits per heavy atom. The third kappa shape index (κ3) is 5.46. The number of hydrogen-bond donors (Lipinski definition) is 1. The van der Waals surface area contributed by atoms with Crippen LogP contribution in [0, 0.1) is 11.6 Å². The molecule has 2 rings (SSSR count). The van der Waals surface area contributed by atoms with Crippen molar-refractivity contribution in [1.29, 1.82) is 0 Å². The summed E-state index contributed by atoms with van der Waals surface area (Å²) in [5, 5.41) is 2.63. The summed E-state index contributed by atoms with van der Waals surface area (Å²) in [6.07, 6.45) is 0.628. The predicted molar refractivity (Wildman–Crippen MR) is 87.2 cm³/mol. The third-order valence-corrected chi connectivity index (χ3v) is 6.90. The molecular weight excluding hydrogens is 344 g/mol. The third-order valence-electron chi connectivity index (χ3n) is 3.62. The van der Waals surface area contributed by atoms with E-state index in [1.165, 1.54) is 30.0 Å². The molecule has 0 aliphatic carbocycles. The van der Waals surface area contributed by atoms with E-state index in [0.29, 0.717) is 6.42 Å². The van der Waals surface area contributed by atoms with E-state index in [2.05, 4.69) is 5.32 Å². The minimum Gasteiger partial charge on any atom is -0.353 e. The van der Waals surface area contributed by atoms with E-state index < -0.39 is 27.5 Å². The average Bonchev–Trinajstić information content (AvgIpc) is 2.80. The zero-order chi connectivity index (χ0) is 17.0. The van der Waals surface area contributed by atoms with E-state index in [-0.39, 0.29) is 40.4 Å². The van der Waals surface area contributed by atoms with Gasteiger partial charge in [-0.05, 0) is 31.9 Å². The number of carbonyl (C=O) groups is 1. The molecule has 128 valence electrons. The minimum absolute atomic E-state index is 0.0464. The van der Waals surface area contributed by atoms with Crippen LogP contribution in [0.4, 0.5) is 8.78 Å². The van der Waals surface area contributed by atoms with Crippen molar-refractivity contribution in [2.75, 3.05) is 17.3 Å². The summed E-state index contributed by atoms with van der Waals surface area (Å²) in [6, 6.07) is 3.25. The van der Waals surface area contributed by atoms with Crippen molar-refractivity contribution in [2.45, 2.75) is 31.1 Å². The summed E-state index contributed by atoms with van der Waals surface area (Å²) < 4.78 is 49.8. The van der Waals surface area contributed by atoms with Crippen LogP contribution in [-0.2, 0) is 21.1 Å². The number of rotatable bonds is 6. The van der Waals surface area contributed by atoms with Crippen molar-refractivity contribution >= 4 is 27.5 Å². The van der Waals surface area contributed by atoms with Crippen molar-refractivity contribution in [3.8, 4) is 0 Å². The molecule has 1 amide bonds. The molecule has 0 unspecified atom stereocenters. The van der Waals surface area contributed by atoms with Crippen LogP contribution in [0.25, 0.3) is 0 Å². The van der Waals surface area contributed by atoms with Gasteiger partial charge in [-0.2, -0.15) is 0 Å². The van der Waals surface area contributed by atoms with Crippen LogP contribution < -0.4 is 5.32 Å². The normalized spacial score (nSPS) is 21.1. The molecule has 0 bridgehead atoms. The SMILES string of the molecule is C[C@@H](Cc1c(F)cccc1F)NC(=O)CS[C@H]1CCS(=O)(=O)C1. The number of benzene rings is 1. The molecule has 0 spiro atoms. The molecule has 1 aromatic rings. The van der Waals surface area contributed by atoms with Gasteiger partial charge < -0.3 is 5.32 Å². The van der Waals surface area contributed by atoms with Gasteiger partial charge in [0.15, 0.2) is 9.84 Å². The van der Waals surface area contributed by atoms with Gasteiger partial charge in [0.25, 0.3) is 0 Å². The molecule has 1 aliphatic rings. The number of carbonyl (C=O) groups excluding carboxylic acids is 1. The maximum absolute atomic E-state index is 13.6. The van der Waals surface area contributed by atoms with E-state index in [4.69, 9.17) is 0 Å². The Bertz CT molecular complexity index is 659. The van der Waals surface area contributed by atoms with E-state index in [1.807, 2.05) is 0 Å². The van der Waals surface area contributed by atoms with Crippen LogP contribution in [0.5, 0.6) is 0 Å². The van der Waals surface area contributed by atoms with Crippen molar-refractivity contribution in [3.05, 3.63) is 35.4 Å². The summed E-state index contributed by atoms with van der Waals surface area (Å²) in [4.78, 5) is 11.9. The fourth-order valence-corrected chi connectivity index (χ4v) is 5.94. The first-order valence-electron chi connectivity index (χ1n) is 7.31. The molecule has 0 aromatic heterocycles. The minimum atomic E-state index is -2.95. The lowest BCUT2D eigenvalue weighted by molar-refractivity contribution is -0.119. The second-order valence-corrected chi connectivity index (χ2v) is 9.23. The van der Waals surface area contributed by atoms with Gasteiger partial charge in [-0.25, -0.2) is 17.2 Å². The number of hydrogen-bond acceptors (Lipinski definition) is 4. The Kier molecular flexibility index (Phi) is 6.02. The maximum Gasteiger partial charge on any atom is 0.230 e. The van der Waals surface area contributed by atoms with Crippen LogP contribution in [-0.4, -0.2) is 42.9 Å². The highest BCUT2D eigenvalue weighted by Crippen LogP contribution is 2.24. The molecule has 1 fully saturated rings. The number of amides is 1. The fourth-order valence-electron chi connectivity index (χ4n) is 2.49. The first-order chi connectivity index (χ1) is 10.8. The van der Waals surface area contributed by atoms with Gasteiger partial charge in [0.2, 0.25) is 5.91 Å². The van der Waals surface area contributed by atoms with Crippen molar-refractivity contribution in [3.63, 3.8) is 0 Å². The Hall–Kier alpha value is -1.15. The highest BCUT2D eigenvalue weighted by atomic mass is 32.2. The highest BCUT2D eigenvalue weighted by molar-refractivity contribution is 8.02. The molecule has 8 heteroatoms. The van der Waals surface area contributed by atoms with Crippen LogP contribution in [0.15, 0.2) is 18.2 Å². The smallest absolute Gasteiger partial charge is 0.230 e. The van der Waals surface area contributed by atoms with Gasteiger partial charge in [0.1, 0.15) is 11.6 Å². The number of sulfone groups is 1. The van der Waals surface area contributed by atoms with E-state index in [1.54, 1.807) is 6.92 Å². The summed E-state index contributed by atoms with van der Waals surface area (Å²) >= 11 is 1.31. The molecule has 2 atom stereocenters. The average molecular weight is 363 g/mol. The molecule has 4 nitrogen and oxygen atoms in total. The van der Waals surface area contributed by atoms with E-state index in [0.717, 1.165) is 0 Å². The number of halogens is 2. The molecule has 1 saturated heterocycles. The first kappa shape index (κ1) is 18.2. The molecule has 1 aromatic carbocycles. The first-order valence-corrected chi connectivity index (χ1v) is 10.2. The monoisotopic (exact) mass is 363 g/mol. The summed E-state index contributed by atoms with van der Waals surface area (Å²) in [7, 11) is -2.95. The second kappa shape index (κ2) is 7.61. The van der Waals surface area contributed by atoms with Crippen LogP contribution >= 0.6 is 11.8 Å². The zero-order valence-electron chi connectivity index (χ0n) is 12.7. The standard InChI is InChI=1S/C15H19F2NO3S2/c1-10(7-12-13(16)3-2-4-14(12)17)18-15(19)8-22-11-5-6-23(20,21)9-11/h2-4,10-11H,5-9H2,1H3,(H,18,19)/t10-,11-/m0/s1. The van der Waals surface area contributed by atoms with Crippen molar-refractivity contribution in [2.24, 2.45) is 0 Å². The van der Waals surface area contributed by atoms with Gasteiger partial charge in [0.05, 0.1) is 17.3 Å². The molecular formula is C15H19F2NO3S2. The van der Waals surface area contributed by atoms with Crippen LogP contribution in [0.3, 0.4) is 0 Å². The predicted octanol–water partition coefficient (Wildman–Crippen LogP) is 1.93. The van der Waals surface area contributed by atoms with Gasteiger partial charge in [-0.1, -0.05) is 6.07 Å². The van der Waals surface area contributed by atoms with Gasteiger partial charge in [-0.15, -0.1) is 11.8 Å². The Balaban J connectivity index is 1.79. The maximum atomic E-state index is 13.6. The quantitative estimate of drug-likeness (QED) is 0.839. The van der Waals surface area contributed by atoms with Crippen LogP contribution in [0.1, 0.15) is 18.9 Å². The van der Waals surface area contributed by atoms with Crippen molar-refractivity contribution in [1.82, 2.24) is 5.32 Å². The molecule has 1 N–H and O–H groups in total. The van der Waals surface area contributed by atoms with E-state index >= 15 is 0 Å². The van der Waals surface area contributed by atoms with E-state index in [9.17, 15) is 22.0 Å². The lowest BCUT2D eigenvalue weighted by Gasteiger charge is -2.15. The second-order valence-electron chi connectivity index (χ2n) is 5.71. The van der Waals surface area contributed by atoms with Gasteiger partial charge in [-0.3, -0.25) is 4.79 Å². The number of thioether (sulfide) groups is 1.